The van der Waals surface area contributed by atoms with Crippen molar-refractivity contribution in [3.8, 4) is 0 Å². The van der Waals surface area contributed by atoms with Crippen molar-refractivity contribution in [2.45, 2.75) is 58.0 Å². The summed E-state index contributed by atoms with van der Waals surface area (Å²) >= 11 is 5.67. The predicted octanol–water partition coefficient (Wildman–Crippen LogP) is 4.15. The van der Waals surface area contributed by atoms with Crippen LogP contribution in [0.2, 0.25) is 0 Å². The molecule has 1 amide bonds. The van der Waals surface area contributed by atoms with Gasteiger partial charge in [-0.25, -0.2) is 0 Å². The van der Waals surface area contributed by atoms with Crippen molar-refractivity contribution in [2.24, 2.45) is 0 Å². The van der Waals surface area contributed by atoms with Crippen LogP contribution in [0.5, 0.6) is 0 Å². The third-order valence-corrected chi connectivity index (χ3v) is 4.13. The van der Waals surface area contributed by atoms with Crippen LogP contribution < -0.4 is 0 Å². The number of aryl methyl sites for hydroxylation is 1. The van der Waals surface area contributed by atoms with Crippen LogP contribution in [0.3, 0.4) is 0 Å². The van der Waals surface area contributed by atoms with E-state index in [2.05, 4.69) is 36.1 Å². The number of nitrogens with zero attached hydrogens (tertiary/aromatic N) is 1. The van der Waals surface area contributed by atoms with Gasteiger partial charge in [0.25, 0.3) is 0 Å². The molecule has 1 aromatic carbocycles. The summed E-state index contributed by atoms with van der Waals surface area (Å²) in [6.07, 6.45) is 5.85. The van der Waals surface area contributed by atoms with Crippen LogP contribution in [0.25, 0.3) is 0 Å². The topological polar surface area (TPSA) is 20.3 Å². The summed E-state index contributed by atoms with van der Waals surface area (Å²) in [7, 11) is 0. The van der Waals surface area contributed by atoms with Crippen molar-refractivity contribution in [3.63, 3.8) is 0 Å². The number of benzene rings is 1. The molecule has 0 N–H and O–H groups in total. The molecule has 0 radical (unpaired) electrons. The second-order valence-electron chi connectivity index (χ2n) is 5.57. The van der Waals surface area contributed by atoms with Crippen molar-refractivity contribution in [1.82, 2.24) is 4.90 Å². The van der Waals surface area contributed by atoms with Gasteiger partial charge in [0.05, 0.1) is 0 Å². The van der Waals surface area contributed by atoms with Crippen molar-refractivity contribution >= 4 is 17.5 Å². The van der Waals surface area contributed by atoms with E-state index in [9.17, 15) is 4.79 Å². The zero-order valence-electron chi connectivity index (χ0n) is 12.3. The maximum absolute atomic E-state index is 12.3. The standard InChI is InChI=1S/C17H24ClNO/c1-2-14-6-8-15(9-7-14)13-19(16-10-11-16)17(20)5-3-4-12-18/h6-9,16H,2-5,10-13H2,1H3. The highest BCUT2D eigenvalue weighted by atomic mass is 35.5. The summed E-state index contributed by atoms with van der Waals surface area (Å²) in [5, 5.41) is 0. The average Bonchev–Trinajstić information content (AvgIpc) is 3.30. The number of carbonyl (C=O) groups is 1. The highest BCUT2D eigenvalue weighted by Gasteiger charge is 2.31. The number of hydrogen-bond acceptors (Lipinski definition) is 1. The van der Waals surface area contributed by atoms with Crippen LogP contribution in [0.1, 0.15) is 50.2 Å². The largest absolute Gasteiger partial charge is 0.335 e. The van der Waals surface area contributed by atoms with Crippen molar-refractivity contribution in [1.29, 1.82) is 0 Å². The Bertz CT molecular complexity index is 425. The summed E-state index contributed by atoms with van der Waals surface area (Å²) < 4.78 is 0. The number of alkyl halides is 1. The van der Waals surface area contributed by atoms with Crippen molar-refractivity contribution < 1.29 is 4.79 Å². The third kappa shape index (κ3) is 4.52. The highest BCUT2D eigenvalue weighted by Crippen LogP contribution is 2.29. The number of halogens is 1. The van der Waals surface area contributed by atoms with Gasteiger partial charge in [0, 0.05) is 24.9 Å². The van der Waals surface area contributed by atoms with E-state index in [1.54, 1.807) is 0 Å². The van der Waals surface area contributed by atoms with Gasteiger partial charge < -0.3 is 4.90 Å². The molecule has 2 nitrogen and oxygen atoms in total. The van der Waals surface area contributed by atoms with E-state index >= 15 is 0 Å². The number of hydrogen-bond donors (Lipinski definition) is 0. The Morgan fingerprint density at radius 1 is 1.20 bits per heavy atom. The summed E-state index contributed by atoms with van der Waals surface area (Å²) in [6, 6.07) is 9.11. The van der Waals surface area contributed by atoms with Crippen LogP contribution in [0.15, 0.2) is 24.3 Å². The molecular formula is C17H24ClNO. The van der Waals surface area contributed by atoms with Gasteiger partial charge in [-0.3, -0.25) is 4.79 Å². The van der Waals surface area contributed by atoms with E-state index in [0.29, 0.717) is 18.3 Å². The van der Waals surface area contributed by atoms with E-state index in [-0.39, 0.29) is 5.91 Å². The molecule has 1 aromatic rings. The number of unbranched alkanes of at least 4 members (excludes halogenated alkanes) is 1. The van der Waals surface area contributed by atoms with Crippen LogP contribution in [-0.4, -0.2) is 22.7 Å². The second-order valence-corrected chi connectivity index (χ2v) is 5.95. The summed E-state index contributed by atoms with van der Waals surface area (Å²) in [6.45, 7) is 2.92. The lowest BCUT2D eigenvalue weighted by Crippen LogP contribution is -2.32. The maximum atomic E-state index is 12.3. The number of rotatable bonds is 8. The number of carbonyl (C=O) groups excluding carboxylic acids is 1. The Labute approximate surface area is 127 Å². The lowest BCUT2D eigenvalue weighted by Gasteiger charge is -2.22. The molecule has 0 aromatic heterocycles. The minimum Gasteiger partial charge on any atom is -0.335 e. The van der Waals surface area contributed by atoms with Gasteiger partial charge in [0.15, 0.2) is 0 Å². The molecule has 1 aliphatic rings. The smallest absolute Gasteiger partial charge is 0.223 e. The molecule has 0 bridgehead atoms. The Balaban J connectivity index is 1.92. The van der Waals surface area contributed by atoms with E-state index in [0.717, 1.165) is 38.6 Å². The summed E-state index contributed by atoms with van der Waals surface area (Å²) in [5.41, 5.74) is 2.58. The molecule has 1 saturated carbocycles. The minimum atomic E-state index is 0.289. The summed E-state index contributed by atoms with van der Waals surface area (Å²) in [4.78, 5) is 14.4. The lowest BCUT2D eigenvalue weighted by atomic mass is 10.1. The molecule has 1 aliphatic carbocycles. The van der Waals surface area contributed by atoms with E-state index in [1.165, 1.54) is 11.1 Å². The fourth-order valence-electron chi connectivity index (χ4n) is 2.40. The van der Waals surface area contributed by atoms with Gasteiger partial charge in [0.1, 0.15) is 0 Å². The minimum absolute atomic E-state index is 0.289. The van der Waals surface area contributed by atoms with Gasteiger partial charge in [-0.05, 0) is 43.2 Å². The van der Waals surface area contributed by atoms with Crippen LogP contribution in [-0.2, 0) is 17.8 Å². The van der Waals surface area contributed by atoms with Gasteiger partial charge in [-0.2, -0.15) is 0 Å². The first-order valence-electron chi connectivity index (χ1n) is 7.68. The molecular weight excluding hydrogens is 270 g/mol. The quantitative estimate of drug-likeness (QED) is 0.521. The lowest BCUT2D eigenvalue weighted by molar-refractivity contribution is -0.132. The zero-order valence-corrected chi connectivity index (χ0v) is 13.0. The molecule has 0 heterocycles. The molecule has 0 atom stereocenters. The monoisotopic (exact) mass is 293 g/mol. The van der Waals surface area contributed by atoms with Crippen molar-refractivity contribution in [2.75, 3.05) is 5.88 Å². The van der Waals surface area contributed by atoms with Gasteiger partial charge in [0.2, 0.25) is 5.91 Å². The van der Waals surface area contributed by atoms with Gasteiger partial charge >= 0.3 is 0 Å². The SMILES string of the molecule is CCc1ccc(CN(C(=O)CCCCCl)C2CC2)cc1. The molecule has 110 valence electrons. The molecule has 0 saturated heterocycles. The molecule has 1 fully saturated rings. The normalized spacial score (nSPS) is 14.3. The first-order valence-corrected chi connectivity index (χ1v) is 8.21. The zero-order chi connectivity index (χ0) is 14.4. The Morgan fingerprint density at radius 2 is 1.85 bits per heavy atom. The van der Waals surface area contributed by atoms with Gasteiger partial charge in [-0.1, -0.05) is 31.2 Å². The van der Waals surface area contributed by atoms with Crippen LogP contribution >= 0.6 is 11.6 Å². The fraction of sp³-hybridized carbons (Fsp3) is 0.588. The third-order valence-electron chi connectivity index (χ3n) is 3.87. The first kappa shape index (κ1) is 15.4. The Kier molecular flexibility index (Phi) is 5.90. The Morgan fingerprint density at radius 3 is 2.40 bits per heavy atom. The van der Waals surface area contributed by atoms with E-state index in [4.69, 9.17) is 11.6 Å². The molecule has 20 heavy (non-hydrogen) atoms. The molecule has 2 rings (SSSR count). The maximum Gasteiger partial charge on any atom is 0.223 e. The predicted molar refractivity (Wildman–Crippen MR) is 84.0 cm³/mol. The van der Waals surface area contributed by atoms with Gasteiger partial charge in [-0.15, -0.1) is 11.6 Å². The van der Waals surface area contributed by atoms with Crippen LogP contribution in [0, 0.1) is 0 Å². The van der Waals surface area contributed by atoms with Crippen LogP contribution in [0.4, 0.5) is 0 Å². The molecule has 0 unspecified atom stereocenters. The second kappa shape index (κ2) is 7.68. The molecule has 0 spiro atoms. The first-order chi connectivity index (χ1) is 9.74. The average molecular weight is 294 g/mol. The van der Waals surface area contributed by atoms with E-state index < -0.39 is 0 Å². The van der Waals surface area contributed by atoms with Crippen molar-refractivity contribution in [3.05, 3.63) is 35.4 Å². The fourth-order valence-corrected chi connectivity index (χ4v) is 2.59. The number of amides is 1. The summed E-state index contributed by atoms with van der Waals surface area (Å²) in [5.74, 6) is 0.937. The molecule has 3 heteroatoms. The highest BCUT2D eigenvalue weighted by molar-refractivity contribution is 6.17. The Hall–Kier alpha value is -1.02. The molecule has 0 aliphatic heterocycles. The van der Waals surface area contributed by atoms with E-state index in [1.807, 2.05) is 0 Å².